The highest BCUT2D eigenvalue weighted by atomic mass is 16.6. The lowest BCUT2D eigenvalue weighted by Crippen LogP contribution is -2.46. The Morgan fingerprint density at radius 1 is 1.29 bits per heavy atom. The summed E-state index contributed by atoms with van der Waals surface area (Å²) in [5, 5.41) is 15.3. The van der Waals surface area contributed by atoms with Crippen molar-refractivity contribution in [3.63, 3.8) is 0 Å². The summed E-state index contributed by atoms with van der Waals surface area (Å²) in [6, 6.07) is 10.6. The molecule has 0 atom stereocenters. The number of fused-ring (bicyclic) bond motifs is 1. The van der Waals surface area contributed by atoms with Crippen LogP contribution in [0.2, 0.25) is 0 Å². The first-order chi connectivity index (χ1) is 16.2. The summed E-state index contributed by atoms with van der Waals surface area (Å²) in [6.45, 7) is 7.79. The van der Waals surface area contributed by atoms with Crippen LogP contribution in [0.25, 0.3) is 10.9 Å². The molecule has 0 spiro atoms. The number of non-ortho nitro benzene ring substituents is 1. The normalized spacial score (nSPS) is 14.9. The van der Waals surface area contributed by atoms with Gasteiger partial charge < -0.3 is 20.1 Å². The first kappa shape index (κ1) is 23.5. The molecule has 0 saturated carbocycles. The van der Waals surface area contributed by atoms with Gasteiger partial charge in [0.1, 0.15) is 5.69 Å². The number of amides is 1. The Balaban J connectivity index is 1.43. The number of aromatic nitrogens is 2. The van der Waals surface area contributed by atoms with Crippen LogP contribution in [-0.2, 0) is 0 Å². The lowest BCUT2D eigenvalue weighted by molar-refractivity contribution is -0.384. The van der Waals surface area contributed by atoms with Gasteiger partial charge in [-0.3, -0.25) is 14.9 Å². The monoisotopic (exact) mass is 464 g/mol. The minimum atomic E-state index is -0.430. The van der Waals surface area contributed by atoms with E-state index in [1.165, 1.54) is 12.1 Å². The van der Waals surface area contributed by atoms with Crippen molar-refractivity contribution in [3.05, 3.63) is 58.4 Å². The van der Waals surface area contributed by atoms with Crippen LogP contribution < -0.4 is 10.2 Å². The number of H-pyrrole nitrogens is 1. The van der Waals surface area contributed by atoms with Crippen LogP contribution in [0, 0.1) is 10.1 Å². The predicted molar refractivity (Wildman–Crippen MR) is 135 cm³/mol. The number of aromatic amines is 1. The number of likely N-dealkylation sites (tertiary alicyclic amines) is 1. The number of piperidine rings is 1. The number of nitro groups is 1. The minimum Gasteiger partial charge on any atom is -0.377 e. The van der Waals surface area contributed by atoms with E-state index in [-0.39, 0.29) is 23.2 Å². The standard InChI is InChI=1S/C25H32N6O3/c1-5-25(2,3)28-21-7-6-12-26-23(21)29(4)18-10-13-30(14-11-18)24(32)22-16-17-15-19(31(33)34)8-9-20(17)27-22/h6-9,12,15-16,18,27-28H,5,10-11,13-14H2,1-4H3. The molecular weight excluding hydrogens is 432 g/mol. The van der Waals surface area contributed by atoms with Crippen LogP contribution in [0.4, 0.5) is 17.2 Å². The van der Waals surface area contributed by atoms with Crippen LogP contribution in [0.1, 0.15) is 50.5 Å². The molecule has 3 aromatic rings. The second-order valence-corrected chi connectivity index (χ2v) is 9.58. The molecule has 1 aromatic carbocycles. The molecule has 0 radical (unpaired) electrons. The number of pyridine rings is 1. The summed E-state index contributed by atoms with van der Waals surface area (Å²) < 4.78 is 0. The van der Waals surface area contributed by atoms with Crippen molar-refractivity contribution in [1.29, 1.82) is 0 Å². The number of nitro benzene ring substituents is 1. The highest BCUT2D eigenvalue weighted by Gasteiger charge is 2.29. The maximum absolute atomic E-state index is 13.1. The van der Waals surface area contributed by atoms with Crippen LogP contribution >= 0.6 is 0 Å². The third-order valence-electron chi connectivity index (χ3n) is 6.82. The zero-order valence-electron chi connectivity index (χ0n) is 20.2. The maximum atomic E-state index is 13.1. The van der Waals surface area contributed by atoms with E-state index in [0.717, 1.165) is 30.8 Å². The molecule has 34 heavy (non-hydrogen) atoms. The molecule has 3 heterocycles. The SMILES string of the molecule is CCC(C)(C)Nc1cccnc1N(C)C1CCN(C(=O)c2cc3cc([N+](=O)[O-])ccc3[nH]2)CC1. The molecule has 1 aliphatic rings. The van der Waals surface area contributed by atoms with Gasteiger partial charge in [0.2, 0.25) is 0 Å². The molecule has 4 rings (SSSR count). The van der Waals surface area contributed by atoms with Crippen molar-refractivity contribution >= 4 is 34.0 Å². The molecule has 9 nitrogen and oxygen atoms in total. The molecule has 2 N–H and O–H groups in total. The fourth-order valence-electron chi connectivity index (χ4n) is 4.38. The lowest BCUT2D eigenvalue weighted by atomic mass is 10.0. The average Bonchev–Trinajstić information content (AvgIpc) is 3.27. The third kappa shape index (κ3) is 4.83. The van der Waals surface area contributed by atoms with Crippen LogP contribution in [0.15, 0.2) is 42.6 Å². The molecular formula is C25H32N6O3. The summed E-state index contributed by atoms with van der Waals surface area (Å²) in [5.41, 5.74) is 2.17. The van der Waals surface area contributed by atoms with E-state index < -0.39 is 4.92 Å². The van der Waals surface area contributed by atoms with Crippen molar-refractivity contribution in [2.45, 2.75) is 51.6 Å². The van der Waals surface area contributed by atoms with Crippen molar-refractivity contribution in [1.82, 2.24) is 14.9 Å². The van der Waals surface area contributed by atoms with Crippen LogP contribution in [0.5, 0.6) is 0 Å². The van der Waals surface area contributed by atoms with Gasteiger partial charge in [-0.2, -0.15) is 0 Å². The number of anilines is 2. The molecule has 2 aromatic heterocycles. The van der Waals surface area contributed by atoms with Gasteiger partial charge in [-0.05, 0) is 57.4 Å². The van der Waals surface area contributed by atoms with Gasteiger partial charge >= 0.3 is 0 Å². The largest absolute Gasteiger partial charge is 0.377 e. The molecule has 180 valence electrons. The second kappa shape index (κ2) is 9.32. The van der Waals surface area contributed by atoms with Gasteiger partial charge in [0.15, 0.2) is 5.82 Å². The number of benzene rings is 1. The van der Waals surface area contributed by atoms with Gasteiger partial charge in [0.05, 0.1) is 10.6 Å². The average molecular weight is 465 g/mol. The second-order valence-electron chi connectivity index (χ2n) is 9.58. The summed E-state index contributed by atoms with van der Waals surface area (Å²) in [5.74, 6) is 0.843. The minimum absolute atomic E-state index is 0.0139. The molecule has 9 heteroatoms. The van der Waals surface area contributed by atoms with E-state index in [1.54, 1.807) is 12.1 Å². The quantitative estimate of drug-likeness (QED) is 0.384. The maximum Gasteiger partial charge on any atom is 0.270 e. The number of nitrogens with zero attached hydrogens (tertiary/aromatic N) is 4. The molecule has 0 unspecified atom stereocenters. The molecule has 1 amide bonds. The Morgan fingerprint density at radius 3 is 2.71 bits per heavy atom. The van der Waals surface area contributed by atoms with Crippen molar-refractivity contribution in [3.8, 4) is 0 Å². The summed E-state index contributed by atoms with van der Waals surface area (Å²) >= 11 is 0. The Kier molecular flexibility index (Phi) is 6.45. The summed E-state index contributed by atoms with van der Waals surface area (Å²) in [6.07, 6.45) is 4.48. The number of carbonyl (C=O) groups excluding carboxylic acids is 1. The first-order valence-corrected chi connectivity index (χ1v) is 11.7. The van der Waals surface area contributed by atoms with E-state index in [4.69, 9.17) is 0 Å². The summed E-state index contributed by atoms with van der Waals surface area (Å²) in [4.78, 5) is 35.5. The summed E-state index contributed by atoms with van der Waals surface area (Å²) in [7, 11) is 2.07. The van der Waals surface area contributed by atoms with Crippen molar-refractivity contribution in [2.24, 2.45) is 0 Å². The van der Waals surface area contributed by atoms with E-state index in [2.05, 4.69) is 54.1 Å². The van der Waals surface area contributed by atoms with Crippen molar-refractivity contribution < 1.29 is 9.72 Å². The number of hydrogen-bond acceptors (Lipinski definition) is 6. The Hall–Kier alpha value is -3.62. The first-order valence-electron chi connectivity index (χ1n) is 11.7. The van der Waals surface area contributed by atoms with Gasteiger partial charge in [-0.25, -0.2) is 4.98 Å². The highest BCUT2D eigenvalue weighted by Crippen LogP contribution is 2.30. The van der Waals surface area contributed by atoms with Crippen molar-refractivity contribution in [2.75, 3.05) is 30.4 Å². The van der Waals surface area contributed by atoms with E-state index >= 15 is 0 Å². The number of nitrogens with one attached hydrogen (secondary N) is 2. The third-order valence-corrected chi connectivity index (χ3v) is 6.82. The van der Waals surface area contributed by atoms with Gasteiger partial charge in [-0.15, -0.1) is 0 Å². The van der Waals surface area contributed by atoms with Gasteiger partial charge in [0, 0.05) is 61.0 Å². The Labute approximate surface area is 199 Å². The van der Waals surface area contributed by atoms with Crippen LogP contribution in [-0.4, -0.2) is 57.4 Å². The molecule has 1 fully saturated rings. The highest BCUT2D eigenvalue weighted by molar-refractivity contribution is 5.98. The van der Waals surface area contributed by atoms with Crippen LogP contribution in [0.3, 0.4) is 0 Å². The zero-order chi connectivity index (χ0) is 24.5. The number of carbonyl (C=O) groups is 1. The fraction of sp³-hybridized carbons (Fsp3) is 0.440. The molecule has 0 aliphatic carbocycles. The van der Waals surface area contributed by atoms with E-state index in [9.17, 15) is 14.9 Å². The lowest BCUT2D eigenvalue weighted by Gasteiger charge is -2.38. The van der Waals surface area contributed by atoms with E-state index in [0.29, 0.717) is 29.7 Å². The number of hydrogen-bond donors (Lipinski definition) is 2. The smallest absolute Gasteiger partial charge is 0.270 e. The molecule has 1 saturated heterocycles. The number of rotatable bonds is 7. The molecule has 0 bridgehead atoms. The molecule has 1 aliphatic heterocycles. The van der Waals surface area contributed by atoms with Gasteiger partial charge in [-0.1, -0.05) is 6.92 Å². The van der Waals surface area contributed by atoms with E-state index in [1.807, 2.05) is 17.2 Å². The topological polar surface area (TPSA) is 107 Å². The fourth-order valence-corrected chi connectivity index (χ4v) is 4.38. The zero-order valence-corrected chi connectivity index (χ0v) is 20.2. The Morgan fingerprint density at radius 2 is 2.03 bits per heavy atom. The predicted octanol–water partition coefficient (Wildman–Crippen LogP) is 4.81. The Bertz CT molecular complexity index is 1200. The van der Waals surface area contributed by atoms with Gasteiger partial charge in [0.25, 0.3) is 11.6 Å².